The zero-order valence-corrected chi connectivity index (χ0v) is 15.1. The smallest absolute Gasteiger partial charge is 0.225 e. The zero-order valence-electron chi connectivity index (χ0n) is 15.1. The Labute approximate surface area is 149 Å². The number of imidazole rings is 1. The van der Waals surface area contributed by atoms with Gasteiger partial charge < -0.3 is 9.30 Å². The normalized spacial score (nSPS) is 21.1. The van der Waals surface area contributed by atoms with Crippen molar-refractivity contribution in [2.45, 2.75) is 39.2 Å². The van der Waals surface area contributed by atoms with Crippen LogP contribution in [0, 0.1) is 11.8 Å². The van der Waals surface area contributed by atoms with E-state index in [1.54, 1.807) is 0 Å². The number of amides is 1. The van der Waals surface area contributed by atoms with Crippen molar-refractivity contribution in [2.75, 3.05) is 26.2 Å². The Hall–Kier alpha value is -1.88. The topological polar surface area (TPSA) is 40.9 Å². The van der Waals surface area contributed by atoms with E-state index in [4.69, 9.17) is 0 Å². The average molecular weight is 340 g/mol. The summed E-state index contributed by atoms with van der Waals surface area (Å²) in [6.45, 7) is 6.59. The number of hydrogen-bond acceptors (Lipinski definition) is 3. The lowest BCUT2D eigenvalue weighted by Gasteiger charge is -2.36. The fourth-order valence-corrected chi connectivity index (χ4v) is 4.37. The second-order valence-electron chi connectivity index (χ2n) is 7.63. The zero-order chi connectivity index (χ0) is 17.2. The summed E-state index contributed by atoms with van der Waals surface area (Å²) in [5.74, 6) is 1.19. The van der Waals surface area contributed by atoms with E-state index < -0.39 is 0 Å². The molecule has 1 aliphatic heterocycles. The lowest BCUT2D eigenvalue weighted by Crippen LogP contribution is -2.50. The summed E-state index contributed by atoms with van der Waals surface area (Å²) in [7, 11) is 0. The number of nitrogens with zero attached hydrogens (tertiary/aromatic N) is 4. The Balaban J connectivity index is 1.31. The van der Waals surface area contributed by atoms with Crippen LogP contribution in [0.15, 0.2) is 30.6 Å². The van der Waals surface area contributed by atoms with E-state index >= 15 is 0 Å². The van der Waals surface area contributed by atoms with E-state index in [9.17, 15) is 4.79 Å². The van der Waals surface area contributed by atoms with Crippen molar-refractivity contribution < 1.29 is 4.79 Å². The first-order valence-corrected chi connectivity index (χ1v) is 9.64. The Morgan fingerprint density at radius 2 is 1.96 bits per heavy atom. The second kappa shape index (κ2) is 7.16. The molecule has 1 saturated carbocycles. The van der Waals surface area contributed by atoms with Gasteiger partial charge in [-0.25, -0.2) is 4.98 Å². The largest absolute Gasteiger partial charge is 0.340 e. The molecule has 134 valence electrons. The Morgan fingerprint density at radius 3 is 2.68 bits per heavy atom. The molecular weight excluding hydrogens is 312 g/mol. The van der Waals surface area contributed by atoms with E-state index in [2.05, 4.69) is 32.3 Å². The molecule has 2 aromatic rings. The maximum atomic E-state index is 12.8. The van der Waals surface area contributed by atoms with Crippen LogP contribution in [0.1, 0.15) is 38.3 Å². The van der Waals surface area contributed by atoms with Crippen LogP contribution in [0.4, 0.5) is 0 Å². The van der Waals surface area contributed by atoms with Crippen LogP contribution in [-0.2, 0) is 11.3 Å². The van der Waals surface area contributed by atoms with Gasteiger partial charge in [0.15, 0.2) is 0 Å². The maximum absolute atomic E-state index is 12.8. The molecule has 0 bridgehead atoms. The van der Waals surface area contributed by atoms with E-state index in [-0.39, 0.29) is 5.92 Å². The van der Waals surface area contributed by atoms with Crippen molar-refractivity contribution >= 4 is 11.6 Å². The van der Waals surface area contributed by atoms with Crippen molar-refractivity contribution in [3.8, 4) is 0 Å². The molecule has 25 heavy (non-hydrogen) atoms. The van der Waals surface area contributed by atoms with Gasteiger partial charge in [-0.3, -0.25) is 9.69 Å². The van der Waals surface area contributed by atoms with Gasteiger partial charge in [0.1, 0.15) is 5.65 Å². The predicted molar refractivity (Wildman–Crippen MR) is 98.2 cm³/mol. The highest BCUT2D eigenvalue weighted by atomic mass is 16.2. The van der Waals surface area contributed by atoms with Gasteiger partial charge in [-0.05, 0) is 30.9 Å². The summed E-state index contributed by atoms with van der Waals surface area (Å²) in [5, 5.41) is 0. The number of hydrogen-bond donors (Lipinski definition) is 0. The minimum atomic E-state index is 0.201. The molecule has 1 amide bonds. The monoisotopic (exact) mass is 340 g/mol. The van der Waals surface area contributed by atoms with Crippen molar-refractivity contribution in [3.05, 3.63) is 36.3 Å². The van der Waals surface area contributed by atoms with Crippen molar-refractivity contribution in [3.63, 3.8) is 0 Å². The molecule has 5 nitrogen and oxygen atoms in total. The van der Waals surface area contributed by atoms with Crippen molar-refractivity contribution in [1.29, 1.82) is 0 Å². The summed E-state index contributed by atoms with van der Waals surface area (Å²) in [6, 6.07) is 6.07. The molecule has 0 N–H and O–H groups in total. The van der Waals surface area contributed by atoms with Crippen LogP contribution in [0.25, 0.3) is 5.65 Å². The Kier molecular flexibility index (Phi) is 4.75. The van der Waals surface area contributed by atoms with E-state index in [0.29, 0.717) is 11.8 Å². The number of piperazine rings is 1. The molecule has 2 aliphatic rings. The first-order valence-electron chi connectivity index (χ1n) is 9.64. The molecule has 0 aromatic carbocycles. The van der Waals surface area contributed by atoms with Crippen LogP contribution in [0.2, 0.25) is 0 Å². The minimum Gasteiger partial charge on any atom is -0.340 e. The maximum Gasteiger partial charge on any atom is 0.225 e. The molecule has 5 heteroatoms. The summed E-state index contributed by atoms with van der Waals surface area (Å²) in [4.78, 5) is 21.9. The second-order valence-corrected chi connectivity index (χ2v) is 7.63. The molecule has 2 fully saturated rings. The van der Waals surface area contributed by atoms with Gasteiger partial charge in [-0.15, -0.1) is 0 Å². The van der Waals surface area contributed by atoms with Crippen LogP contribution >= 0.6 is 0 Å². The average Bonchev–Trinajstić information content (AvgIpc) is 3.30. The minimum absolute atomic E-state index is 0.201. The summed E-state index contributed by atoms with van der Waals surface area (Å²) in [5.41, 5.74) is 2.10. The van der Waals surface area contributed by atoms with E-state index in [1.807, 2.05) is 24.4 Å². The fourth-order valence-electron chi connectivity index (χ4n) is 4.37. The van der Waals surface area contributed by atoms with Gasteiger partial charge >= 0.3 is 0 Å². The lowest BCUT2D eigenvalue weighted by atomic mass is 9.91. The number of carbonyl (C=O) groups is 1. The van der Waals surface area contributed by atoms with Crippen molar-refractivity contribution in [1.82, 2.24) is 19.2 Å². The molecule has 4 rings (SSSR count). The van der Waals surface area contributed by atoms with E-state index in [0.717, 1.165) is 44.1 Å². The number of rotatable bonds is 4. The summed E-state index contributed by atoms with van der Waals surface area (Å²) < 4.78 is 2.07. The molecule has 0 radical (unpaired) electrons. The van der Waals surface area contributed by atoms with Gasteiger partial charge in [0, 0.05) is 51.0 Å². The molecule has 3 heterocycles. The van der Waals surface area contributed by atoms with Gasteiger partial charge in [-0.1, -0.05) is 25.8 Å². The van der Waals surface area contributed by atoms with Crippen LogP contribution in [0.3, 0.4) is 0 Å². The molecule has 1 atom stereocenters. The van der Waals surface area contributed by atoms with Gasteiger partial charge in [-0.2, -0.15) is 0 Å². The Morgan fingerprint density at radius 1 is 1.20 bits per heavy atom. The predicted octanol–water partition coefficient (Wildman–Crippen LogP) is 2.80. The third-order valence-corrected chi connectivity index (χ3v) is 5.98. The number of pyridine rings is 1. The standard InChI is InChI=1S/C20H28N4O/c1-16(17-6-2-3-7-17)20(25)23-12-10-22(11-13-23)14-18-15-24-9-5-4-8-19(24)21-18/h4-5,8-9,15-17H,2-3,6-7,10-14H2,1H3. The summed E-state index contributed by atoms with van der Waals surface area (Å²) in [6.07, 6.45) is 9.22. The molecule has 1 unspecified atom stereocenters. The van der Waals surface area contributed by atoms with Gasteiger partial charge in [0.25, 0.3) is 0 Å². The number of carbonyl (C=O) groups excluding carboxylic acids is 1. The molecule has 0 spiro atoms. The van der Waals surface area contributed by atoms with Crippen LogP contribution < -0.4 is 0 Å². The van der Waals surface area contributed by atoms with Crippen LogP contribution in [-0.4, -0.2) is 51.3 Å². The number of fused-ring (bicyclic) bond motifs is 1. The lowest BCUT2D eigenvalue weighted by molar-refractivity contribution is -0.138. The third-order valence-electron chi connectivity index (χ3n) is 5.98. The highest BCUT2D eigenvalue weighted by Gasteiger charge is 2.31. The highest BCUT2D eigenvalue weighted by molar-refractivity contribution is 5.79. The van der Waals surface area contributed by atoms with Gasteiger partial charge in [0.05, 0.1) is 5.69 Å². The first-order chi connectivity index (χ1) is 12.2. The third kappa shape index (κ3) is 3.56. The van der Waals surface area contributed by atoms with E-state index in [1.165, 1.54) is 25.7 Å². The molecular formula is C20H28N4O. The Bertz CT molecular complexity index is 693. The highest BCUT2D eigenvalue weighted by Crippen LogP contribution is 2.32. The summed E-state index contributed by atoms with van der Waals surface area (Å²) >= 11 is 0. The van der Waals surface area contributed by atoms with Crippen molar-refractivity contribution in [2.24, 2.45) is 11.8 Å². The molecule has 2 aromatic heterocycles. The quantitative estimate of drug-likeness (QED) is 0.859. The van der Waals surface area contributed by atoms with Crippen LogP contribution in [0.5, 0.6) is 0 Å². The van der Waals surface area contributed by atoms with Gasteiger partial charge in [0.2, 0.25) is 5.91 Å². The molecule has 1 saturated heterocycles. The fraction of sp³-hybridized carbons (Fsp3) is 0.600. The molecule has 1 aliphatic carbocycles. The SMILES string of the molecule is CC(C(=O)N1CCN(Cc2cn3ccccc3n2)CC1)C1CCCC1. The number of aromatic nitrogens is 2. The first kappa shape index (κ1) is 16.6.